The largest absolute Gasteiger partial charge is 0.497 e. The SMILES string of the molecule is COc1ccc(COc2cc(Br)ccc2N)cc1. The van der Waals surface area contributed by atoms with Crippen LogP contribution in [0.15, 0.2) is 46.9 Å². The van der Waals surface area contributed by atoms with Crippen LogP contribution in [0.25, 0.3) is 0 Å². The molecule has 0 aliphatic heterocycles. The van der Waals surface area contributed by atoms with E-state index in [9.17, 15) is 0 Å². The number of hydrogen-bond donors (Lipinski definition) is 1. The molecule has 2 N–H and O–H groups in total. The first kappa shape index (κ1) is 12.8. The summed E-state index contributed by atoms with van der Waals surface area (Å²) in [5.41, 5.74) is 7.53. The molecule has 0 aliphatic carbocycles. The monoisotopic (exact) mass is 307 g/mol. The summed E-state index contributed by atoms with van der Waals surface area (Å²) >= 11 is 3.39. The van der Waals surface area contributed by atoms with Crippen LogP contribution < -0.4 is 15.2 Å². The lowest BCUT2D eigenvalue weighted by Gasteiger charge is -2.09. The van der Waals surface area contributed by atoms with Gasteiger partial charge in [-0.25, -0.2) is 0 Å². The molecule has 2 aromatic carbocycles. The second kappa shape index (κ2) is 5.78. The molecule has 0 bridgehead atoms. The highest BCUT2D eigenvalue weighted by atomic mass is 79.9. The summed E-state index contributed by atoms with van der Waals surface area (Å²) in [6, 6.07) is 13.3. The first-order valence-corrected chi connectivity index (χ1v) is 6.29. The Balaban J connectivity index is 2.04. The molecule has 0 spiro atoms. The van der Waals surface area contributed by atoms with Crippen LogP contribution in [0, 0.1) is 0 Å². The Labute approximate surface area is 115 Å². The maximum atomic E-state index is 5.83. The number of halogens is 1. The van der Waals surface area contributed by atoms with Crippen LogP contribution >= 0.6 is 15.9 Å². The molecule has 0 saturated carbocycles. The second-order valence-corrected chi connectivity index (χ2v) is 4.73. The molecule has 3 nitrogen and oxygen atoms in total. The molecule has 0 aliphatic rings. The maximum absolute atomic E-state index is 5.83. The van der Waals surface area contributed by atoms with E-state index in [4.69, 9.17) is 15.2 Å². The van der Waals surface area contributed by atoms with Crippen LogP contribution in [0.3, 0.4) is 0 Å². The van der Waals surface area contributed by atoms with Crippen molar-refractivity contribution in [2.45, 2.75) is 6.61 Å². The molecule has 0 heterocycles. The predicted molar refractivity (Wildman–Crippen MR) is 75.9 cm³/mol. The van der Waals surface area contributed by atoms with Gasteiger partial charge in [-0.2, -0.15) is 0 Å². The molecule has 0 radical (unpaired) electrons. The molecule has 0 unspecified atom stereocenters. The molecule has 2 aromatic rings. The summed E-state index contributed by atoms with van der Waals surface area (Å²) in [5, 5.41) is 0. The molecule has 0 fully saturated rings. The summed E-state index contributed by atoms with van der Waals surface area (Å²) < 4.78 is 11.7. The van der Waals surface area contributed by atoms with E-state index >= 15 is 0 Å². The summed E-state index contributed by atoms with van der Waals surface area (Å²) in [5.74, 6) is 1.51. The standard InChI is InChI=1S/C14H14BrNO2/c1-17-12-5-2-10(3-6-12)9-18-14-8-11(15)4-7-13(14)16/h2-8H,9,16H2,1H3. The van der Waals surface area contributed by atoms with Crippen LogP contribution in [-0.2, 0) is 6.61 Å². The molecular formula is C14H14BrNO2. The number of rotatable bonds is 4. The molecule has 0 aromatic heterocycles. The van der Waals surface area contributed by atoms with E-state index in [1.54, 1.807) is 7.11 Å². The van der Waals surface area contributed by atoms with Gasteiger partial charge in [-0.05, 0) is 35.9 Å². The van der Waals surface area contributed by atoms with Crippen LogP contribution in [0.1, 0.15) is 5.56 Å². The third-order valence-corrected chi connectivity index (χ3v) is 3.02. The molecule has 4 heteroatoms. The molecule has 0 saturated heterocycles. The predicted octanol–water partition coefficient (Wildman–Crippen LogP) is 3.62. The van der Waals surface area contributed by atoms with Crippen molar-refractivity contribution >= 4 is 21.6 Å². The zero-order valence-electron chi connectivity index (χ0n) is 10.0. The minimum atomic E-state index is 0.477. The quantitative estimate of drug-likeness (QED) is 0.877. The third kappa shape index (κ3) is 3.17. The number of anilines is 1. The normalized spacial score (nSPS) is 10.1. The number of benzene rings is 2. The fraction of sp³-hybridized carbons (Fsp3) is 0.143. The van der Waals surface area contributed by atoms with Crippen LogP contribution in [0.2, 0.25) is 0 Å². The Morgan fingerprint density at radius 1 is 1.11 bits per heavy atom. The minimum Gasteiger partial charge on any atom is -0.497 e. The Hall–Kier alpha value is -1.68. The average molecular weight is 308 g/mol. The second-order valence-electron chi connectivity index (χ2n) is 3.82. The lowest BCUT2D eigenvalue weighted by molar-refractivity contribution is 0.307. The zero-order valence-corrected chi connectivity index (χ0v) is 11.6. The highest BCUT2D eigenvalue weighted by Crippen LogP contribution is 2.26. The molecular weight excluding hydrogens is 294 g/mol. The Morgan fingerprint density at radius 3 is 2.50 bits per heavy atom. The summed E-state index contributed by atoms with van der Waals surface area (Å²) in [4.78, 5) is 0. The van der Waals surface area contributed by atoms with Gasteiger partial charge in [0.05, 0.1) is 12.8 Å². The van der Waals surface area contributed by atoms with Crippen LogP contribution in [0.5, 0.6) is 11.5 Å². The molecule has 18 heavy (non-hydrogen) atoms. The van der Waals surface area contributed by atoms with Gasteiger partial charge in [-0.15, -0.1) is 0 Å². The van der Waals surface area contributed by atoms with Gasteiger partial charge in [0.1, 0.15) is 18.1 Å². The first-order chi connectivity index (χ1) is 8.69. The van der Waals surface area contributed by atoms with Gasteiger partial charge in [-0.1, -0.05) is 28.1 Å². The van der Waals surface area contributed by atoms with E-state index in [0.29, 0.717) is 18.0 Å². The Kier molecular flexibility index (Phi) is 4.10. The van der Waals surface area contributed by atoms with Crippen molar-refractivity contribution in [3.8, 4) is 11.5 Å². The van der Waals surface area contributed by atoms with Gasteiger partial charge in [0.15, 0.2) is 0 Å². The van der Waals surface area contributed by atoms with Crippen molar-refractivity contribution in [3.63, 3.8) is 0 Å². The Morgan fingerprint density at radius 2 is 1.83 bits per heavy atom. The maximum Gasteiger partial charge on any atom is 0.143 e. The van der Waals surface area contributed by atoms with Gasteiger partial charge >= 0.3 is 0 Å². The lowest BCUT2D eigenvalue weighted by atomic mass is 10.2. The smallest absolute Gasteiger partial charge is 0.143 e. The Bertz CT molecular complexity index is 526. The van der Waals surface area contributed by atoms with Crippen molar-refractivity contribution in [3.05, 3.63) is 52.5 Å². The average Bonchev–Trinajstić information content (AvgIpc) is 2.40. The van der Waals surface area contributed by atoms with E-state index in [1.807, 2.05) is 42.5 Å². The van der Waals surface area contributed by atoms with Crippen molar-refractivity contribution in [2.75, 3.05) is 12.8 Å². The van der Waals surface area contributed by atoms with Crippen molar-refractivity contribution in [2.24, 2.45) is 0 Å². The van der Waals surface area contributed by atoms with Gasteiger partial charge in [0.2, 0.25) is 0 Å². The third-order valence-electron chi connectivity index (χ3n) is 2.53. The van der Waals surface area contributed by atoms with Gasteiger partial charge in [-0.3, -0.25) is 0 Å². The number of hydrogen-bond acceptors (Lipinski definition) is 3. The van der Waals surface area contributed by atoms with E-state index in [1.165, 1.54) is 0 Å². The minimum absolute atomic E-state index is 0.477. The fourth-order valence-corrected chi connectivity index (χ4v) is 1.86. The molecule has 0 atom stereocenters. The molecule has 94 valence electrons. The van der Waals surface area contributed by atoms with Gasteiger partial charge in [0.25, 0.3) is 0 Å². The molecule has 2 rings (SSSR count). The van der Waals surface area contributed by atoms with Crippen LogP contribution in [0.4, 0.5) is 5.69 Å². The van der Waals surface area contributed by atoms with Crippen LogP contribution in [-0.4, -0.2) is 7.11 Å². The van der Waals surface area contributed by atoms with E-state index in [2.05, 4.69) is 15.9 Å². The summed E-state index contributed by atoms with van der Waals surface area (Å²) in [6.07, 6.45) is 0. The van der Waals surface area contributed by atoms with Crippen molar-refractivity contribution < 1.29 is 9.47 Å². The summed E-state index contributed by atoms with van der Waals surface area (Å²) in [7, 11) is 1.65. The molecule has 0 amide bonds. The fourth-order valence-electron chi connectivity index (χ4n) is 1.52. The number of nitrogens with two attached hydrogens (primary N) is 1. The number of ether oxygens (including phenoxy) is 2. The van der Waals surface area contributed by atoms with Crippen molar-refractivity contribution in [1.29, 1.82) is 0 Å². The number of methoxy groups -OCH3 is 1. The lowest BCUT2D eigenvalue weighted by Crippen LogP contribution is -1.98. The van der Waals surface area contributed by atoms with Gasteiger partial charge < -0.3 is 15.2 Å². The first-order valence-electron chi connectivity index (χ1n) is 5.50. The van der Waals surface area contributed by atoms with Gasteiger partial charge in [0, 0.05) is 4.47 Å². The zero-order chi connectivity index (χ0) is 13.0. The van der Waals surface area contributed by atoms with E-state index in [-0.39, 0.29) is 0 Å². The van der Waals surface area contributed by atoms with E-state index in [0.717, 1.165) is 15.8 Å². The topological polar surface area (TPSA) is 44.5 Å². The summed E-state index contributed by atoms with van der Waals surface area (Å²) in [6.45, 7) is 0.477. The van der Waals surface area contributed by atoms with Crippen molar-refractivity contribution in [1.82, 2.24) is 0 Å². The number of nitrogen functional groups attached to an aromatic ring is 1. The van der Waals surface area contributed by atoms with E-state index < -0.39 is 0 Å². The highest BCUT2D eigenvalue weighted by Gasteiger charge is 2.02. The highest BCUT2D eigenvalue weighted by molar-refractivity contribution is 9.10.